The molecular weight excluding hydrogens is 189 g/mol. The van der Waals surface area contributed by atoms with Gasteiger partial charge in [-0.1, -0.05) is 23.7 Å². The van der Waals surface area contributed by atoms with E-state index in [-0.39, 0.29) is 6.54 Å². The number of alkyl halides is 1. The molecule has 1 aromatic rings. The molecule has 1 rings (SSSR count). The second kappa shape index (κ2) is 5.20. The Labute approximate surface area is 82.7 Å². The smallest absolute Gasteiger partial charge is 0.113 e. The summed E-state index contributed by atoms with van der Waals surface area (Å²) in [5.74, 6) is 0. The molecule has 0 bridgehead atoms. The third-order valence-electron chi connectivity index (χ3n) is 1.89. The van der Waals surface area contributed by atoms with Crippen molar-refractivity contribution in [3.05, 3.63) is 34.9 Å². The maximum absolute atomic E-state index is 12.8. The summed E-state index contributed by atoms with van der Waals surface area (Å²) in [5.41, 5.74) is 6.22. The maximum Gasteiger partial charge on any atom is 0.113 e. The quantitative estimate of drug-likeness (QED) is 0.796. The average molecular weight is 202 g/mol. The van der Waals surface area contributed by atoms with Gasteiger partial charge in [0.25, 0.3) is 0 Å². The van der Waals surface area contributed by atoms with Gasteiger partial charge < -0.3 is 5.73 Å². The first-order valence-corrected chi connectivity index (χ1v) is 4.68. The van der Waals surface area contributed by atoms with E-state index in [1.54, 1.807) is 6.07 Å². The summed E-state index contributed by atoms with van der Waals surface area (Å²) < 4.78 is 12.8. The van der Waals surface area contributed by atoms with E-state index in [1.165, 1.54) is 0 Å². The molecule has 72 valence electrons. The van der Waals surface area contributed by atoms with Crippen LogP contribution in [0.5, 0.6) is 0 Å². The molecule has 0 fully saturated rings. The van der Waals surface area contributed by atoms with Crippen molar-refractivity contribution in [2.24, 2.45) is 5.73 Å². The minimum absolute atomic E-state index is 0.0978. The Bertz CT molecular complexity index is 265. The summed E-state index contributed by atoms with van der Waals surface area (Å²) in [6, 6.07) is 7.47. The van der Waals surface area contributed by atoms with Gasteiger partial charge in [-0.2, -0.15) is 0 Å². The van der Waals surface area contributed by atoms with Crippen molar-refractivity contribution < 1.29 is 4.39 Å². The Morgan fingerprint density at radius 3 is 2.85 bits per heavy atom. The van der Waals surface area contributed by atoms with Gasteiger partial charge in [-0.15, -0.1) is 0 Å². The monoisotopic (exact) mass is 201 g/mol. The van der Waals surface area contributed by atoms with Crippen LogP contribution in [0.15, 0.2) is 24.3 Å². The van der Waals surface area contributed by atoms with Crippen LogP contribution >= 0.6 is 11.6 Å². The number of benzene rings is 1. The highest BCUT2D eigenvalue weighted by Crippen LogP contribution is 2.13. The van der Waals surface area contributed by atoms with Gasteiger partial charge >= 0.3 is 0 Å². The van der Waals surface area contributed by atoms with Gasteiger partial charge in [0.1, 0.15) is 6.17 Å². The molecule has 2 N–H and O–H groups in total. The molecule has 0 heterocycles. The molecule has 1 aromatic carbocycles. The van der Waals surface area contributed by atoms with Crippen molar-refractivity contribution in [3.8, 4) is 0 Å². The molecule has 0 spiro atoms. The average Bonchev–Trinajstić information content (AvgIpc) is 2.14. The summed E-state index contributed by atoms with van der Waals surface area (Å²) in [4.78, 5) is 0. The van der Waals surface area contributed by atoms with E-state index in [1.807, 2.05) is 18.2 Å². The molecule has 1 unspecified atom stereocenters. The first kappa shape index (κ1) is 10.5. The number of rotatable bonds is 4. The molecule has 1 atom stereocenters. The Hall–Kier alpha value is -0.600. The van der Waals surface area contributed by atoms with Crippen molar-refractivity contribution >= 4 is 11.6 Å². The van der Waals surface area contributed by atoms with Crippen molar-refractivity contribution in [1.29, 1.82) is 0 Å². The molecule has 0 amide bonds. The lowest BCUT2D eigenvalue weighted by Gasteiger charge is -2.04. The van der Waals surface area contributed by atoms with Crippen LogP contribution in [-0.2, 0) is 6.42 Å². The lowest BCUT2D eigenvalue weighted by molar-refractivity contribution is 0.323. The largest absolute Gasteiger partial charge is 0.328 e. The zero-order chi connectivity index (χ0) is 9.68. The SMILES string of the molecule is NCC(F)CCc1cccc(Cl)c1. The highest BCUT2D eigenvalue weighted by molar-refractivity contribution is 6.30. The van der Waals surface area contributed by atoms with E-state index in [0.29, 0.717) is 17.9 Å². The van der Waals surface area contributed by atoms with E-state index >= 15 is 0 Å². The van der Waals surface area contributed by atoms with Gasteiger partial charge in [0, 0.05) is 11.6 Å². The Morgan fingerprint density at radius 2 is 2.23 bits per heavy atom. The Kier molecular flexibility index (Phi) is 4.19. The lowest BCUT2D eigenvalue weighted by atomic mass is 10.1. The van der Waals surface area contributed by atoms with E-state index in [0.717, 1.165) is 5.56 Å². The maximum atomic E-state index is 12.8. The highest BCUT2D eigenvalue weighted by Gasteiger charge is 2.03. The standard InChI is InChI=1S/C10H13ClFN/c11-9-3-1-2-8(6-9)4-5-10(12)7-13/h1-3,6,10H,4-5,7,13H2. The van der Waals surface area contributed by atoms with E-state index < -0.39 is 6.17 Å². The summed E-state index contributed by atoms with van der Waals surface area (Å²) in [6.07, 6.45) is 0.259. The van der Waals surface area contributed by atoms with Crippen molar-refractivity contribution in [2.75, 3.05) is 6.54 Å². The lowest BCUT2D eigenvalue weighted by Crippen LogP contribution is -2.15. The predicted octanol–water partition coefficient (Wildman–Crippen LogP) is 2.57. The zero-order valence-corrected chi connectivity index (χ0v) is 8.10. The number of hydrogen-bond acceptors (Lipinski definition) is 1. The number of nitrogens with two attached hydrogens (primary N) is 1. The fourth-order valence-electron chi connectivity index (χ4n) is 1.13. The van der Waals surface area contributed by atoms with Crippen LogP contribution in [0.1, 0.15) is 12.0 Å². The van der Waals surface area contributed by atoms with Gasteiger partial charge in [0.15, 0.2) is 0 Å². The zero-order valence-electron chi connectivity index (χ0n) is 7.34. The molecule has 0 aliphatic heterocycles. The summed E-state index contributed by atoms with van der Waals surface area (Å²) in [7, 11) is 0. The fourth-order valence-corrected chi connectivity index (χ4v) is 1.35. The Morgan fingerprint density at radius 1 is 1.46 bits per heavy atom. The number of aryl methyl sites for hydroxylation is 1. The van der Waals surface area contributed by atoms with E-state index in [2.05, 4.69) is 0 Å². The van der Waals surface area contributed by atoms with Gasteiger partial charge in [-0.3, -0.25) is 0 Å². The van der Waals surface area contributed by atoms with E-state index in [9.17, 15) is 4.39 Å². The van der Waals surface area contributed by atoms with E-state index in [4.69, 9.17) is 17.3 Å². The fraction of sp³-hybridized carbons (Fsp3) is 0.400. The summed E-state index contributed by atoms with van der Waals surface area (Å²) in [6.45, 7) is 0.0978. The molecule has 0 aromatic heterocycles. The molecule has 13 heavy (non-hydrogen) atoms. The van der Waals surface area contributed by atoms with Gasteiger partial charge in [-0.05, 0) is 30.5 Å². The van der Waals surface area contributed by atoms with Crippen molar-refractivity contribution in [3.63, 3.8) is 0 Å². The molecule has 0 saturated heterocycles. The first-order chi connectivity index (χ1) is 6.22. The molecule has 0 aliphatic carbocycles. The van der Waals surface area contributed by atoms with Crippen molar-refractivity contribution in [1.82, 2.24) is 0 Å². The minimum Gasteiger partial charge on any atom is -0.328 e. The van der Waals surface area contributed by atoms with Crippen LogP contribution < -0.4 is 5.73 Å². The van der Waals surface area contributed by atoms with Crippen LogP contribution in [0.2, 0.25) is 5.02 Å². The number of halogens is 2. The molecule has 3 heteroatoms. The first-order valence-electron chi connectivity index (χ1n) is 4.31. The van der Waals surface area contributed by atoms with Crippen LogP contribution in [0.3, 0.4) is 0 Å². The normalized spacial score (nSPS) is 12.8. The predicted molar refractivity (Wildman–Crippen MR) is 53.7 cm³/mol. The van der Waals surface area contributed by atoms with Gasteiger partial charge in [0.2, 0.25) is 0 Å². The van der Waals surface area contributed by atoms with Crippen LogP contribution in [-0.4, -0.2) is 12.7 Å². The number of hydrogen-bond donors (Lipinski definition) is 1. The van der Waals surface area contributed by atoms with Gasteiger partial charge in [0.05, 0.1) is 0 Å². The molecule has 0 radical (unpaired) electrons. The minimum atomic E-state index is -0.904. The Balaban J connectivity index is 2.45. The van der Waals surface area contributed by atoms with Crippen molar-refractivity contribution in [2.45, 2.75) is 19.0 Å². The topological polar surface area (TPSA) is 26.0 Å². The highest BCUT2D eigenvalue weighted by atomic mass is 35.5. The summed E-state index contributed by atoms with van der Waals surface area (Å²) >= 11 is 5.78. The second-order valence-electron chi connectivity index (χ2n) is 3.00. The molecular formula is C10H13ClFN. The third-order valence-corrected chi connectivity index (χ3v) is 2.13. The third kappa shape index (κ3) is 3.75. The van der Waals surface area contributed by atoms with Crippen LogP contribution in [0.4, 0.5) is 4.39 Å². The van der Waals surface area contributed by atoms with Gasteiger partial charge in [-0.25, -0.2) is 4.39 Å². The second-order valence-corrected chi connectivity index (χ2v) is 3.44. The van der Waals surface area contributed by atoms with Crippen LogP contribution in [0, 0.1) is 0 Å². The van der Waals surface area contributed by atoms with Crippen LogP contribution in [0.25, 0.3) is 0 Å². The summed E-state index contributed by atoms with van der Waals surface area (Å²) in [5, 5.41) is 0.695. The molecule has 1 nitrogen and oxygen atoms in total. The molecule has 0 saturated carbocycles. The molecule has 0 aliphatic rings.